The van der Waals surface area contributed by atoms with Crippen LogP contribution in [0.3, 0.4) is 0 Å². The SMILES string of the molecule is CC1=[C-]CC=C1.C[C](C)=[Ti+2].[Cl-].[Cl-].c1ccc2c(c1)[cH-]c1ccccc12. The van der Waals surface area contributed by atoms with Gasteiger partial charge >= 0.3 is 37.6 Å². The molecule has 0 aromatic heterocycles. The molecule has 0 atom stereocenters. The molecule has 0 bridgehead atoms. The molecule has 0 spiro atoms. The molecular weight excluding hydrogens is 383 g/mol. The quantitative estimate of drug-likeness (QED) is 0.370. The van der Waals surface area contributed by atoms with Crippen molar-refractivity contribution in [1.82, 2.24) is 0 Å². The Labute approximate surface area is 175 Å². The summed E-state index contributed by atoms with van der Waals surface area (Å²) in [6.45, 7) is 6.23. The van der Waals surface area contributed by atoms with Gasteiger partial charge in [-0.05, 0) is 0 Å². The van der Waals surface area contributed by atoms with Crippen molar-refractivity contribution >= 4 is 25.4 Å². The van der Waals surface area contributed by atoms with Gasteiger partial charge in [-0.3, -0.25) is 6.08 Å². The maximum atomic E-state index is 3.12. The molecular formula is C22H22Cl2Ti-2. The van der Waals surface area contributed by atoms with Gasteiger partial charge in [0.2, 0.25) is 0 Å². The number of halogens is 2. The third kappa shape index (κ3) is 7.80. The van der Waals surface area contributed by atoms with Crippen LogP contribution in [-0.4, -0.2) is 3.81 Å². The monoisotopic (exact) mass is 404 g/mol. The third-order valence-corrected chi connectivity index (χ3v) is 3.39. The van der Waals surface area contributed by atoms with Gasteiger partial charge in [0.1, 0.15) is 0 Å². The second-order valence-corrected chi connectivity index (χ2v) is 7.35. The molecule has 0 aliphatic heterocycles. The van der Waals surface area contributed by atoms with Crippen LogP contribution in [0.15, 0.2) is 72.3 Å². The summed E-state index contributed by atoms with van der Waals surface area (Å²) in [5.41, 5.74) is 1.27. The normalized spacial score (nSPS) is 11.3. The summed E-state index contributed by atoms with van der Waals surface area (Å²) < 4.78 is 1.42. The van der Waals surface area contributed by atoms with Gasteiger partial charge in [0.25, 0.3) is 0 Å². The van der Waals surface area contributed by atoms with Crippen molar-refractivity contribution in [3.05, 3.63) is 78.4 Å². The number of fused-ring (bicyclic) bond motifs is 3. The molecule has 3 heteroatoms. The first-order valence-electron chi connectivity index (χ1n) is 7.87. The number of hydrogen-bond acceptors (Lipinski definition) is 0. The van der Waals surface area contributed by atoms with Crippen LogP contribution in [-0.2, 0) is 20.0 Å². The maximum Gasteiger partial charge on any atom is -0.0771 e. The molecule has 0 nitrogen and oxygen atoms in total. The average molecular weight is 405 g/mol. The Balaban J connectivity index is 0.000000410. The molecule has 0 unspecified atom stereocenters. The molecule has 25 heavy (non-hydrogen) atoms. The zero-order valence-electron chi connectivity index (χ0n) is 14.8. The van der Waals surface area contributed by atoms with Crippen molar-refractivity contribution in [2.24, 2.45) is 0 Å². The van der Waals surface area contributed by atoms with Crippen molar-refractivity contribution in [2.75, 3.05) is 0 Å². The molecule has 0 saturated carbocycles. The van der Waals surface area contributed by atoms with Crippen LogP contribution < -0.4 is 24.8 Å². The Kier molecular flexibility index (Phi) is 11.8. The molecule has 3 aromatic carbocycles. The maximum absolute atomic E-state index is 3.12. The van der Waals surface area contributed by atoms with E-state index in [0.29, 0.717) is 0 Å². The van der Waals surface area contributed by atoms with E-state index in [1.165, 1.54) is 30.9 Å². The van der Waals surface area contributed by atoms with E-state index in [1.807, 2.05) is 0 Å². The van der Waals surface area contributed by atoms with E-state index in [-0.39, 0.29) is 24.8 Å². The summed E-state index contributed by atoms with van der Waals surface area (Å²) in [5.74, 6) is 0. The first-order valence-corrected chi connectivity index (χ1v) is 8.65. The smallest absolute Gasteiger partial charge is 0.0771 e. The first-order chi connectivity index (χ1) is 11.1. The van der Waals surface area contributed by atoms with Crippen molar-refractivity contribution in [3.8, 4) is 0 Å². The zero-order chi connectivity index (χ0) is 16.7. The van der Waals surface area contributed by atoms with Gasteiger partial charge in [-0.25, -0.2) is 11.6 Å². The topological polar surface area (TPSA) is 0 Å². The largest absolute Gasteiger partial charge is 1.00 e. The molecule has 0 fully saturated rings. The van der Waals surface area contributed by atoms with Gasteiger partial charge in [0.15, 0.2) is 0 Å². The van der Waals surface area contributed by atoms with E-state index in [0.717, 1.165) is 6.42 Å². The second-order valence-electron chi connectivity index (χ2n) is 5.79. The Morgan fingerprint density at radius 2 is 1.36 bits per heavy atom. The molecule has 0 radical (unpaired) electrons. The van der Waals surface area contributed by atoms with Gasteiger partial charge in [0, 0.05) is 0 Å². The predicted octanol–water partition coefficient (Wildman–Crippen LogP) is 0.161. The summed E-state index contributed by atoms with van der Waals surface area (Å²) in [6.07, 6.45) is 8.33. The number of allylic oxidation sites excluding steroid dienone is 4. The molecule has 4 rings (SSSR count). The fraction of sp³-hybridized carbons (Fsp3) is 0.182. The Morgan fingerprint density at radius 1 is 0.920 bits per heavy atom. The van der Waals surface area contributed by atoms with Crippen molar-refractivity contribution in [1.29, 1.82) is 0 Å². The van der Waals surface area contributed by atoms with E-state index in [9.17, 15) is 0 Å². The fourth-order valence-corrected chi connectivity index (χ4v) is 2.42. The van der Waals surface area contributed by atoms with Gasteiger partial charge < -0.3 is 24.8 Å². The number of benzene rings is 2. The predicted molar refractivity (Wildman–Crippen MR) is 99.6 cm³/mol. The van der Waals surface area contributed by atoms with E-state index in [4.69, 9.17) is 0 Å². The van der Waals surface area contributed by atoms with E-state index < -0.39 is 0 Å². The summed E-state index contributed by atoms with van der Waals surface area (Å²) in [5, 5.41) is 5.39. The molecule has 130 valence electrons. The molecule has 0 saturated heterocycles. The summed E-state index contributed by atoms with van der Waals surface area (Å²) in [6, 6.07) is 19.3. The molecule has 3 aromatic rings. The average Bonchev–Trinajstić information content (AvgIpc) is 3.13. The Hall–Kier alpha value is -1.05. The molecule has 1 aliphatic rings. The first kappa shape index (κ1) is 24.0. The van der Waals surface area contributed by atoms with Crippen molar-refractivity contribution in [3.63, 3.8) is 0 Å². The minimum Gasteiger partial charge on any atom is -1.00 e. The Bertz CT molecular complexity index is 799. The minimum absolute atomic E-state index is 0. The van der Waals surface area contributed by atoms with Crippen molar-refractivity contribution < 1.29 is 44.8 Å². The van der Waals surface area contributed by atoms with Gasteiger partial charge in [0.05, 0.1) is 0 Å². The van der Waals surface area contributed by atoms with Crippen LogP contribution in [0.2, 0.25) is 0 Å². The van der Waals surface area contributed by atoms with E-state index in [2.05, 4.69) is 114 Å². The third-order valence-electron chi connectivity index (χ3n) is 3.39. The van der Waals surface area contributed by atoms with Crippen LogP contribution in [0.1, 0.15) is 27.2 Å². The molecule has 0 heterocycles. The van der Waals surface area contributed by atoms with Gasteiger partial charge in [-0.15, -0.1) is 46.2 Å². The molecule has 0 N–H and O–H groups in total. The van der Waals surface area contributed by atoms with Crippen LogP contribution >= 0.6 is 0 Å². The van der Waals surface area contributed by atoms with Crippen LogP contribution in [0.25, 0.3) is 21.5 Å². The molecule has 0 amide bonds. The van der Waals surface area contributed by atoms with Crippen LogP contribution in [0.4, 0.5) is 0 Å². The Morgan fingerprint density at radius 3 is 1.68 bits per heavy atom. The fourth-order valence-electron chi connectivity index (χ4n) is 2.42. The van der Waals surface area contributed by atoms with Gasteiger partial charge in [-0.2, -0.15) is 6.08 Å². The summed E-state index contributed by atoms with van der Waals surface area (Å²) in [4.78, 5) is 0. The second kappa shape index (κ2) is 12.3. The van der Waals surface area contributed by atoms with E-state index >= 15 is 0 Å². The van der Waals surface area contributed by atoms with Crippen molar-refractivity contribution in [2.45, 2.75) is 27.2 Å². The van der Waals surface area contributed by atoms with Crippen LogP contribution in [0.5, 0.6) is 0 Å². The number of hydrogen-bond donors (Lipinski definition) is 0. The number of rotatable bonds is 0. The summed E-state index contributed by atoms with van der Waals surface area (Å²) >= 11 is 2.08. The van der Waals surface area contributed by atoms with E-state index in [1.54, 1.807) is 0 Å². The van der Waals surface area contributed by atoms with Crippen LogP contribution in [0, 0.1) is 6.08 Å². The molecule has 1 aliphatic carbocycles. The zero-order valence-corrected chi connectivity index (χ0v) is 17.9. The minimum atomic E-state index is 0. The van der Waals surface area contributed by atoms with Gasteiger partial charge in [-0.1, -0.05) is 43.3 Å². The standard InChI is InChI=1S/C13H9.C6H7.C3H6.2ClH.Ti/c1-3-7-12-10(5-1)9-11-6-2-4-8-13(11)12;1-6-4-2-3-5-6;1-3-2;;;/h1-9H;2,4H,3H2,1H3;1-2H3;2*1H;/q2*-1;;;;+2/p-2. The summed E-state index contributed by atoms with van der Waals surface area (Å²) in [7, 11) is 0.